The Hall–Kier alpha value is -2.04. The summed E-state index contributed by atoms with van der Waals surface area (Å²) in [6.07, 6.45) is 10.3. The average molecular weight is 326 g/mol. The molecule has 24 heavy (non-hydrogen) atoms. The van der Waals surface area contributed by atoms with E-state index in [0.29, 0.717) is 12.7 Å². The minimum Gasteiger partial charge on any atom is -0.373 e. The molecule has 1 aliphatic rings. The molecular weight excluding hydrogens is 303 g/mol. The lowest BCUT2D eigenvalue weighted by Gasteiger charge is -2.31. The number of rotatable bonds is 6. The lowest BCUT2D eigenvalue weighted by molar-refractivity contribution is -0.000436. The van der Waals surface area contributed by atoms with Gasteiger partial charge in [0.1, 0.15) is 5.82 Å². The zero-order valence-electron chi connectivity index (χ0n) is 13.8. The van der Waals surface area contributed by atoms with Gasteiger partial charge in [0.15, 0.2) is 0 Å². The predicted molar refractivity (Wildman–Crippen MR) is 93.9 cm³/mol. The number of pyridine rings is 1. The smallest absolute Gasteiger partial charge is 0.123 e. The second-order valence-corrected chi connectivity index (χ2v) is 6.13. The fourth-order valence-electron chi connectivity index (χ4n) is 2.87. The molecule has 0 saturated carbocycles. The maximum Gasteiger partial charge on any atom is 0.123 e. The van der Waals surface area contributed by atoms with Crippen molar-refractivity contribution in [3.05, 3.63) is 71.8 Å². The first-order valence-electron chi connectivity index (χ1n) is 8.44. The second kappa shape index (κ2) is 8.71. The molecule has 3 nitrogen and oxygen atoms in total. The predicted octanol–water partition coefficient (Wildman–Crippen LogP) is 3.92. The molecule has 1 aromatic carbocycles. The van der Waals surface area contributed by atoms with Gasteiger partial charge in [-0.05, 0) is 42.2 Å². The van der Waals surface area contributed by atoms with Gasteiger partial charge < -0.3 is 4.74 Å². The Balaban J connectivity index is 1.36. The second-order valence-electron chi connectivity index (χ2n) is 6.13. The van der Waals surface area contributed by atoms with Gasteiger partial charge >= 0.3 is 0 Å². The van der Waals surface area contributed by atoms with Crippen LogP contribution >= 0.6 is 0 Å². The van der Waals surface area contributed by atoms with Gasteiger partial charge in [-0.1, -0.05) is 30.4 Å². The highest BCUT2D eigenvalue weighted by molar-refractivity contribution is 5.48. The van der Waals surface area contributed by atoms with Crippen molar-refractivity contribution >= 4 is 6.08 Å². The van der Waals surface area contributed by atoms with E-state index in [0.717, 1.165) is 43.6 Å². The van der Waals surface area contributed by atoms with E-state index in [1.165, 1.54) is 12.1 Å². The number of hydrogen-bond acceptors (Lipinski definition) is 3. The zero-order chi connectivity index (χ0) is 16.6. The van der Waals surface area contributed by atoms with Crippen molar-refractivity contribution in [3.63, 3.8) is 0 Å². The fraction of sp³-hybridized carbons (Fsp3) is 0.350. The zero-order valence-corrected chi connectivity index (χ0v) is 13.8. The third-order valence-corrected chi connectivity index (χ3v) is 4.29. The Morgan fingerprint density at radius 3 is 2.67 bits per heavy atom. The first kappa shape index (κ1) is 16.8. The third kappa shape index (κ3) is 5.25. The quantitative estimate of drug-likeness (QED) is 0.804. The van der Waals surface area contributed by atoms with Gasteiger partial charge in [-0.3, -0.25) is 9.88 Å². The normalized spacial score (nSPS) is 16.7. The molecule has 0 radical (unpaired) electrons. The molecular formula is C20H23FN2O. The molecule has 4 heteroatoms. The fourth-order valence-corrected chi connectivity index (χ4v) is 2.87. The summed E-state index contributed by atoms with van der Waals surface area (Å²) < 4.78 is 18.8. The molecule has 3 rings (SSSR count). The van der Waals surface area contributed by atoms with Crippen LogP contribution in [-0.4, -0.2) is 35.6 Å². The number of likely N-dealkylation sites (tertiary alicyclic amines) is 1. The van der Waals surface area contributed by atoms with Crippen LogP contribution in [0.5, 0.6) is 0 Å². The minimum atomic E-state index is -0.194. The number of piperidine rings is 1. The Kier molecular flexibility index (Phi) is 6.10. The first-order valence-corrected chi connectivity index (χ1v) is 8.44. The number of hydrogen-bond donors (Lipinski definition) is 0. The van der Waals surface area contributed by atoms with Crippen molar-refractivity contribution in [1.82, 2.24) is 9.88 Å². The molecule has 0 aliphatic carbocycles. The van der Waals surface area contributed by atoms with Gasteiger partial charge in [0, 0.05) is 32.0 Å². The molecule has 0 bridgehead atoms. The van der Waals surface area contributed by atoms with E-state index in [1.807, 2.05) is 24.4 Å². The minimum absolute atomic E-state index is 0.194. The summed E-state index contributed by atoms with van der Waals surface area (Å²) in [6, 6.07) is 10.6. The van der Waals surface area contributed by atoms with E-state index < -0.39 is 0 Å². The summed E-state index contributed by atoms with van der Waals surface area (Å²) in [7, 11) is 0. The van der Waals surface area contributed by atoms with Crippen LogP contribution in [0.3, 0.4) is 0 Å². The Morgan fingerprint density at radius 1 is 1.17 bits per heavy atom. The topological polar surface area (TPSA) is 25.4 Å². The largest absolute Gasteiger partial charge is 0.373 e. The van der Waals surface area contributed by atoms with E-state index in [-0.39, 0.29) is 5.82 Å². The van der Waals surface area contributed by atoms with Crippen LogP contribution in [0.4, 0.5) is 4.39 Å². The summed E-state index contributed by atoms with van der Waals surface area (Å²) in [4.78, 5) is 6.53. The third-order valence-electron chi connectivity index (χ3n) is 4.29. The van der Waals surface area contributed by atoms with Crippen LogP contribution in [-0.2, 0) is 11.3 Å². The maximum absolute atomic E-state index is 12.9. The van der Waals surface area contributed by atoms with Gasteiger partial charge in [0.25, 0.3) is 0 Å². The number of halogens is 1. The molecule has 0 atom stereocenters. The van der Waals surface area contributed by atoms with E-state index in [9.17, 15) is 4.39 Å². The lowest BCUT2D eigenvalue weighted by atomic mass is 10.1. The monoisotopic (exact) mass is 326 g/mol. The molecule has 0 amide bonds. The van der Waals surface area contributed by atoms with Crippen molar-refractivity contribution in [2.24, 2.45) is 0 Å². The van der Waals surface area contributed by atoms with E-state index in [4.69, 9.17) is 4.74 Å². The van der Waals surface area contributed by atoms with Crippen molar-refractivity contribution < 1.29 is 9.13 Å². The van der Waals surface area contributed by atoms with Crippen molar-refractivity contribution in [2.75, 3.05) is 19.6 Å². The van der Waals surface area contributed by atoms with Gasteiger partial charge in [-0.25, -0.2) is 4.39 Å². The maximum atomic E-state index is 12.9. The molecule has 0 spiro atoms. The van der Waals surface area contributed by atoms with Crippen molar-refractivity contribution in [3.8, 4) is 0 Å². The highest BCUT2D eigenvalue weighted by atomic mass is 19.1. The summed E-state index contributed by atoms with van der Waals surface area (Å²) in [5, 5.41) is 0. The van der Waals surface area contributed by atoms with E-state index in [2.05, 4.69) is 16.0 Å². The van der Waals surface area contributed by atoms with Crippen LogP contribution in [0.15, 0.2) is 54.9 Å². The van der Waals surface area contributed by atoms with Crippen LogP contribution in [0.25, 0.3) is 6.08 Å². The molecule has 0 N–H and O–H groups in total. The summed E-state index contributed by atoms with van der Waals surface area (Å²) in [6.45, 7) is 3.66. The lowest BCUT2D eigenvalue weighted by Crippen LogP contribution is -2.37. The SMILES string of the molecule is Fc1ccc(/C=C/CN2CCC(OCc3cccnc3)CC2)cc1. The van der Waals surface area contributed by atoms with Gasteiger partial charge in [0.2, 0.25) is 0 Å². The van der Waals surface area contributed by atoms with Gasteiger partial charge in [0.05, 0.1) is 12.7 Å². The van der Waals surface area contributed by atoms with Crippen LogP contribution < -0.4 is 0 Å². The van der Waals surface area contributed by atoms with Crippen LogP contribution in [0.1, 0.15) is 24.0 Å². The number of aromatic nitrogens is 1. The number of nitrogens with zero attached hydrogens (tertiary/aromatic N) is 2. The molecule has 1 saturated heterocycles. The molecule has 1 aliphatic heterocycles. The van der Waals surface area contributed by atoms with E-state index in [1.54, 1.807) is 18.3 Å². The van der Waals surface area contributed by atoms with E-state index >= 15 is 0 Å². The molecule has 2 heterocycles. The molecule has 2 aromatic rings. The first-order chi connectivity index (χ1) is 11.8. The Morgan fingerprint density at radius 2 is 1.96 bits per heavy atom. The summed E-state index contributed by atoms with van der Waals surface area (Å²) >= 11 is 0. The standard InChI is InChI=1S/C20H23FN2O/c21-19-7-5-17(6-8-19)4-2-12-23-13-9-20(10-14-23)24-16-18-3-1-11-22-15-18/h1-8,11,15,20H,9-10,12-14,16H2/b4-2+. The van der Waals surface area contributed by atoms with Crippen molar-refractivity contribution in [1.29, 1.82) is 0 Å². The molecule has 126 valence electrons. The number of benzene rings is 1. The molecule has 0 unspecified atom stereocenters. The van der Waals surface area contributed by atoms with Crippen LogP contribution in [0, 0.1) is 5.82 Å². The van der Waals surface area contributed by atoms with Gasteiger partial charge in [-0.15, -0.1) is 0 Å². The summed E-state index contributed by atoms with van der Waals surface area (Å²) in [5.74, 6) is -0.194. The summed E-state index contributed by atoms with van der Waals surface area (Å²) in [5.41, 5.74) is 2.16. The molecule has 1 aromatic heterocycles. The van der Waals surface area contributed by atoms with Gasteiger partial charge in [-0.2, -0.15) is 0 Å². The molecule has 1 fully saturated rings. The van der Waals surface area contributed by atoms with Crippen molar-refractivity contribution in [2.45, 2.75) is 25.6 Å². The van der Waals surface area contributed by atoms with Crippen LogP contribution in [0.2, 0.25) is 0 Å². The average Bonchev–Trinajstić information content (AvgIpc) is 2.64. The highest BCUT2D eigenvalue weighted by Crippen LogP contribution is 2.15. The Labute approximate surface area is 142 Å². The highest BCUT2D eigenvalue weighted by Gasteiger charge is 2.18. The Bertz CT molecular complexity index is 634. The number of ether oxygens (including phenoxy) is 1.